The van der Waals surface area contributed by atoms with Gasteiger partial charge in [-0.2, -0.15) is 0 Å². The Morgan fingerprint density at radius 3 is 2.20 bits per heavy atom. The number of aliphatic carboxylic acids is 1. The highest BCUT2D eigenvalue weighted by atomic mass is 16.7. The van der Waals surface area contributed by atoms with Gasteiger partial charge in [-0.3, -0.25) is 14.5 Å². The number of aliphatic hydroxyl groups excluding tert-OH is 1. The van der Waals surface area contributed by atoms with E-state index in [2.05, 4.69) is 29.3 Å². The zero-order chi connectivity index (χ0) is 31.9. The first-order valence-corrected chi connectivity index (χ1v) is 15.3. The number of rotatable bonds is 12. The lowest BCUT2D eigenvalue weighted by molar-refractivity contribution is -0.276. The van der Waals surface area contributed by atoms with Crippen molar-refractivity contribution >= 4 is 11.9 Å². The molecule has 240 valence electrons. The third-order valence-electron chi connectivity index (χ3n) is 8.67. The van der Waals surface area contributed by atoms with Crippen LogP contribution in [0.2, 0.25) is 0 Å². The van der Waals surface area contributed by atoms with Crippen LogP contribution in [0.1, 0.15) is 65.5 Å². The first-order chi connectivity index (χ1) is 21.8. The number of ether oxygens (including phenoxy) is 4. The van der Waals surface area contributed by atoms with Crippen molar-refractivity contribution in [3.05, 3.63) is 94.0 Å². The number of carbonyl (C=O) groups excluding carboxylic acids is 1. The summed E-state index contributed by atoms with van der Waals surface area (Å²) in [5.41, 5.74) is 6.11. The molecule has 0 aliphatic carbocycles. The van der Waals surface area contributed by atoms with E-state index in [-0.39, 0.29) is 43.5 Å². The van der Waals surface area contributed by atoms with Crippen LogP contribution in [-0.2, 0) is 45.2 Å². The van der Waals surface area contributed by atoms with E-state index in [9.17, 15) is 14.7 Å². The molecule has 45 heavy (non-hydrogen) atoms. The molecule has 1 amide bonds. The minimum Gasteiger partial charge on any atom is -0.493 e. The maximum Gasteiger partial charge on any atom is 0.303 e. The van der Waals surface area contributed by atoms with Crippen LogP contribution in [0.4, 0.5) is 0 Å². The molecule has 0 radical (unpaired) electrons. The van der Waals surface area contributed by atoms with Gasteiger partial charge in [-0.15, -0.1) is 0 Å². The van der Waals surface area contributed by atoms with Crippen LogP contribution in [-0.4, -0.2) is 60.4 Å². The third kappa shape index (κ3) is 8.01. The van der Waals surface area contributed by atoms with E-state index in [1.54, 1.807) is 14.2 Å². The van der Waals surface area contributed by atoms with Crippen molar-refractivity contribution in [2.24, 2.45) is 5.92 Å². The summed E-state index contributed by atoms with van der Waals surface area (Å²) in [6.45, 7) is 4.83. The number of fused-ring (bicyclic) bond motifs is 1. The number of methoxy groups -OCH3 is 2. The fourth-order valence-electron chi connectivity index (χ4n) is 5.98. The Morgan fingerprint density at radius 1 is 0.911 bits per heavy atom. The molecule has 0 saturated carbocycles. The van der Waals surface area contributed by atoms with Gasteiger partial charge in [0.05, 0.1) is 39.5 Å². The van der Waals surface area contributed by atoms with Crippen molar-refractivity contribution in [1.82, 2.24) is 10.2 Å². The van der Waals surface area contributed by atoms with Crippen LogP contribution in [0.3, 0.4) is 0 Å². The average molecular weight is 619 g/mol. The maximum atomic E-state index is 12.0. The van der Waals surface area contributed by atoms with E-state index in [0.717, 1.165) is 59.8 Å². The van der Waals surface area contributed by atoms with Crippen molar-refractivity contribution in [1.29, 1.82) is 0 Å². The van der Waals surface area contributed by atoms with E-state index in [4.69, 9.17) is 24.1 Å². The minimum atomic E-state index is -0.997. The molecule has 3 aromatic carbocycles. The fraction of sp³-hybridized carbons (Fsp3) is 0.429. The molecule has 2 aliphatic heterocycles. The summed E-state index contributed by atoms with van der Waals surface area (Å²) in [5, 5.41) is 21.1. The minimum absolute atomic E-state index is 0.0187. The molecule has 0 aromatic heterocycles. The van der Waals surface area contributed by atoms with E-state index in [1.807, 2.05) is 48.5 Å². The van der Waals surface area contributed by atoms with Crippen molar-refractivity contribution in [3.8, 4) is 11.5 Å². The van der Waals surface area contributed by atoms with Gasteiger partial charge in [-0.1, -0.05) is 55.5 Å². The molecule has 10 heteroatoms. The number of hydrogen-bond donors (Lipinski definition) is 3. The molecule has 3 aromatic rings. The van der Waals surface area contributed by atoms with E-state index >= 15 is 0 Å². The quantitative estimate of drug-likeness (QED) is 0.268. The van der Waals surface area contributed by atoms with Gasteiger partial charge in [0.2, 0.25) is 5.91 Å². The van der Waals surface area contributed by atoms with E-state index < -0.39 is 12.3 Å². The van der Waals surface area contributed by atoms with Gasteiger partial charge >= 0.3 is 5.97 Å². The molecule has 2 aliphatic rings. The van der Waals surface area contributed by atoms with E-state index in [1.165, 1.54) is 11.1 Å². The molecule has 0 spiro atoms. The number of carboxylic acids is 1. The van der Waals surface area contributed by atoms with Crippen molar-refractivity contribution in [3.63, 3.8) is 0 Å². The predicted molar refractivity (Wildman–Crippen MR) is 167 cm³/mol. The molecule has 1 fully saturated rings. The lowest BCUT2D eigenvalue weighted by Crippen LogP contribution is -2.45. The number of amides is 1. The van der Waals surface area contributed by atoms with Crippen molar-refractivity contribution in [2.75, 3.05) is 27.3 Å². The normalized spacial score (nSPS) is 21.5. The van der Waals surface area contributed by atoms with Crippen LogP contribution in [0.5, 0.6) is 11.5 Å². The van der Waals surface area contributed by atoms with Gasteiger partial charge in [0.25, 0.3) is 0 Å². The van der Waals surface area contributed by atoms with Gasteiger partial charge < -0.3 is 34.5 Å². The zero-order valence-electron chi connectivity index (χ0n) is 26.0. The Kier molecular flexibility index (Phi) is 10.7. The second kappa shape index (κ2) is 14.9. The highest BCUT2D eigenvalue weighted by molar-refractivity contribution is 5.80. The fourth-order valence-corrected chi connectivity index (χ4v) is 5.98. The lowest BCUT2D eigenvalue weighted by Gasteiger charge is -2.43. The van der Waals surface area contributed by atoms with Gasteiger partial charge in [-0.05, 0) is 46.4 Å². The van der Waals surface area contributed by atoms with E-state index in [0.29, 0.717) is 6.54 Å². The molecule has 2 heterocycles. The zero-order valence-corrected chi connectivity index (χ0v) is 26.0. The first kappa shape index (κ1) is 32.4. The number of benzene rings is 3. The summed E-state index contributed by atoms with van der Waals surface area (Å²) >= 11 is 0. The Hall–Kier alpha value is -3.96. The third-order valence-corrected chi connectivity index (χ3v) is 8.67. The highest BCUT2D eigenvalue weighted by Crippen LogP contribution is 2.42. The molecule has 0 bridgehead atoms. The summed E-state index contributed by atoms with van der Waals surface area (Å²) in [5.74, 6) is 0.223. The van der Waals surface area contributed by atoms with Crippen molar-refractivity contribution in [2.45, 2.75) is 64.4 Å². The van der Waals surface area contributed by atoms with Crippen LogP contribution < -0.4 is 14.8 Å². The smallest absolute Gasteiger partial charge is 0.303 e. The average Bonchev–Trinajstić information content (AvgIpc) is 3.06. The summed E-state index contributed by atoms with van der Waals surface area (Å²) in [4.78, 5) is 25.1. The Labute approximate surface area is 263 Å². The largest absolute Gasteiger partial charge is 0.493 e. The maximum absolute atomic E-state index is 12.0. The summed E-state index contributed by atoms with van der Waals surface area (Å²) in [6.07, 6.45) is -0.303. The molecule has 0 unspecified atom stereocenters. The Balaban J connectivity index is 1.32. The highest BCUT2D eigenvalue weighted by Gasteiger charge is 2.39. The second-order valence-electron chi connectivity index (χ2n) is 11.7. The number of nitrogens with one attached hydrogen (secondary N) is 1. The summed E-state index contributed by atoms with van der Waals surface area (Å²) in [6, 6.07) is 19.7. The summed E-state index contributed by atoms with van der Waals surface area (Å²) < 4.78 is 24.4. The monoisotopic (exact) mass is 618 g/mol. The number of aliphatic hydroxyl groups is 1. The number of carbonyl (C=O) groups is 2. The number of carboxylic acid groups (broad SMARTS) is 1. The Bertz CT molecular complexity index is 1460. The van der Waals surface area contributed by atoms with Gasteiger partial charge in [0, 0.05) is 44.1 Å². The van der Waals surface area contributed by atoms with Crippen LogP contribution in [0.15, 0.2) is 60.7 Å². The predicted octanol–water partition coefficient (Wildman–Crippen LogP) is 4.53. The second-order valence-corrected chi connectivity index (χ2v) is 11.7. The molecule has 1 saturated heterocycles. The molecular formula is C35H42N2O8. The lowest BCUT2D eigenvalue weighted by atomic mass is 9.89. The molecule has 5 rings (SSSR count). The SMILES string of the molecule is COc1cc2c(cc1OC)CN(C[C@@H]1O[C@H](c3ccc(CNC(=O)CCC(=O)O)cc3)O[C@H](c3ccc(CO)cc3)[C@@H]1C)CC2. The standard InChI is InChI=1S/C35H42N2O8/c1-22-31(20-37-15-14-27-16-29(42-2)30(43-3)17-28(27)19-37)44-35(45-34(22)25-8-6-24(21-38)7-9-25)26-10-4-23(5-11-26)18-36-32(39)12-13-33(40)41/h4-11,16-17,22,31,34-35,38H,12-15,18-21H2,1-3H3,(H,36,39)(H,40,41)/t22-,31+,34+,35+/m1/s1. The van der Waals surface area contributed by atoms with Crippen molar-refractivity contribution < 1.29 is 38.7 Å². The molecule has 4 atom stereocenters. The van der Waals surface area contributed by atoms with Crippen LogP contribution in [0, 0.1) is 5.92 Å². The van der Waals surface area contributed by atoms with Crippen LogP contribution >= 0.6 is 0 Å². The van der Waals surface area contributed by atoms with Gasteiger partial charge in [-0.25, -0.2) is 0 Å². The molecular weight excluding hydrogens is 576 g/mol. The first-order valence-electron chi connectivity index (χ1n) is 15.3. The van der Waals surface area contributed by atoms with Gasteiger partial charge in [0.15, 0.2) is 17.8 Å². The molecule has 3 N–H and O–H groups in total. The number of nitrogens with zero attached hydrogens (tertiary/aromatic N) is 1. The summed E-state index contributed by atoms with van der Waals surface area (Å²) in [7, 11) is 3.31. The molecule has 10 nitrogen and oxygen atoms in total. The Morgan fingerprint density at radius 2 is 1.56 bits per heavy atom. The van der Waals surface area contributed by atoms with Gasteiger partial charge in [0.1, 0.15) is 0 Å². The number of hydrogen-bond acceptors (Lipinski definition) is 8. The topological polar surface area (TPSA) is 127 Å². The van der Waals surface area contributed by atoms with Crippen LogP contribution in [0.25, 0.3) is 0 Å².